The molecule has 0 saturated carbocycles. The van der Waals surface area contributed by atoms with E-state index in [9.17, 15) is 24.5 Å². The Balaban J connectivity index is 1.83. The van der Waals surface area contributed by atoms with E-state index < -0.39 is 30.0 Å². The Bertz CT molecular complexity index is 940. The number of nitrogens with zero attached hydrogens (tertiary/aromatic N) is 1. The molecule has 1 N–H and O–H groups in total. The zero-order valence-corrected chi connectivity index (χ0v) is 16.4. The van der Waals surface area contributed by atoms with Crippen molar-refractivity contribution in [3.05, 3.63) is 58.1 Å². The van der Waals surface area contributed by atoms with Gasteiger partial charge in [-0.25, -0.2) is 4.79 Å². The molecule has 0 spiro atoms. The highest BCUT2D eigenvalue weighted by atomic mass is 16.6. The fraction of sp³-hybridized carbons (Fsp3) is 0.250. The van der Waals surface area contributed by atoms with Gasteiger partial charge in [-0.15, -0.1) is 0 Å². The summed E-state index contributed by atoms with van der Waals surface area (Å²) in [6.07, 6.45) is 0.386. The number of rotatable bonds is 10. The Kier molecular flexibility index (Phi) is 7.86. The maximum atomic E-state index is 12.0. The molecule has 0 aliphatic rings. The van der Waals surface area contributed by atoms with Gasteiger partial charge in [-0.05, 0) is 30.3 Å². The number of methoxy groups -OCH3 is 1. The molecule has 0 fully saturated rings. The minimum absolute atomic E-state index is 0.00708. The summed E-state index contributed by atoms with van der Waals surface area (Å²) in [6.45, 7) is 0.709. The van der Waals surface area contributed by atoms with E-state index in [1.54, 1.807) is 31.2 Å². The van der Waals surface area contributed by atoms with Gasteiger partial charge in [-0.3, -0.25) is 19.7 Å². The summed E-state index contributed by atoms with van der Waals surface area (Å²) < 4.78 is 15.1. The fourth-order valence-electron chi connectivity index (χ4n) is 2.36. The molecule has 0 saturated heterocycles. The SMILES string of the molecule is CCC(=O)c1ccc(OCC(=O)OCC(=O)Nc2cc([N+](=O)[O-])ccc2OC)cc1. The Morgan fingerprint density at radius 3 is 2.37 bits per heavy atom. The van der Waals surface area contributed by atoms with E-state index in [1.807, 2.05) is 0 Å². The molecule has 0 bridgehead atoms. The molecule has 0 radical (unpaired) electrons. The number of non-ortho nitro benzene ring substituents is 1. The first-order valence-electron chi connectivity index (χ1n) is 8.88. The smallest absolute Gasteiger partial charge is 0.344 e. The van der Waals surface area contributed by atoms with Gasteiger partial charge in [0, 0.05) is 24.1 Å². The number of amides is 1. The Hall–Kier alpha value is -3.95. The molecule has 30 heavy (non-hydrogen) atoms. The second-order valence-electron chi connectivity index (χ2n) is 5.94. The molecule has 2 rings (SSSR count). The molecular weight excluding hydrogens is 396 g/mol. The zero-order chi connectivity index (χ0) is 22.1. The van der Waals surface area contributed by atoms with Crippen molar-refractivity contribution < 1.29 is 33.5 Å². The van der Waals surface area contributed by atoms with Gasteiger partial charge in [-0.1, -0.05) is 6.92 Å². The number of Topliss-reactive ketones (excluding diaryl/α,β-unsaturated/α-hetero) is 1. The van der Waals surface area contributed by atoms with E-state index in [-0.39, 0.29) is 22.9 Å². The number of ether oxygens (including phenoxy) is 3. The molecule has 2 aromatic rings. The maximum absolute atomic E-state index is 12.0. The first kappa shape index (κ1) is 22.3. The van der Waals surface area contributed by atoms with E-state index in [1.165, 1.54) is 19.2 Å². The quantitative estimate of drug-likeness (QED) is 0.270. The molecule has 0 atom stereocenters. The molecule has 0 aliphatic heterocycles. The van der Waals surface area contributed by atoms with Crippen LogP contribution in [0.15, 0.2) is 42.5 Å². The van der Waals surface area contributed by atoms with Crippen LogP contribution >= 0.6 is 0 Å². The van der Waals surface area contributed by atoms with E-state index in [4.69, 9.17) is 14.2 Å². The van der Waals surface area contributed by atoms with Crippen LogP contribution in [0.25, 0.3) is 0 Å². The maximum Gasteiger partial charge on any atom is 0.344 e. The van der Waals surface area contributed by atoms with Gasteiger partial charge in [0.1, 0.15) is 11.5 Å². The molecule has 158 valence electrons. The van der Waals surface area contributed by atoms with Gasteiger partial charge >= 0.3 is 5.97 Å². The van der Waals surface area contributed by atoms with Crippen LogP contribution in [0.1, 0.15) is 23.7 Å². The third-order valence-electron chi connectivity index (χ3n) is 3.89. The Labute approximate surface area is 171 Å². The number of anilines is 1. The van der Waals surface area contributed by atoms with Gasteiger partial charge in [-0.2, -0.15) is 0 Å². The summed E-state index contributed by atoms with van der Waals surface area (Å²) in [7, 11) is 1.35. The number of nitro groups is 1. The molecule has 0 heterocycles. The Morgan fingerprint density at radius 1 is 1.07 bits per heavy atom. The minimum Gasteiger partial charge on any atom is -0.495 e. The number of benzene rings is 2. The van der Waals surface area contributed by atoms with Gasteiger partial charge in [0.25, 0.3) is 11.6 Å². The molecule has 0 unspecified atom stereocenters. The number of carbonyl (C=O) groups is 3. The van der Waals surface area contributed by atoms with Gasteiger partial charge in [0.2, 0.25) is 0 Å². The monoisotopic (exact) mass is 416 g/mol. The number of ketones is 1. The average Bonchev–Trinajstić information content (AvgIpc) is 2.75. The normalized spacial score (nSPS) is 10.1. The van der Waals surface area contributed by atoms with Crippen LogP contribution in [0.3, 0.4) is 0 Å². The highest BCUT2D eigenvalue weighted by molar-refractivity contribution is 5.96. The van der Waals surface area contributed by atoms with Crippen molar-refractivity contribution in [2.75, 3.05) is 25.6 Å². The summed E-state index contributed by atoms with van der Waals surface area (Å²) in [5.74, 6) is -0.916. The van der Waals surface area contributed by atoms with E-state index in [2.05, 4.69) is 5.32 Å². The van der Waals surface area contributed by atoms with Gasteiger partial charge in [0.15, 0.2) is 19.0 Å². The first-order chi connectivity index (χ1) is 14.3. The van der Waals surface area contributed by atoms with Crippen LogP contribution in [-0.4, -0.2) is 42.9 Å². The number of nitrogens with one attached hydrogen (secondary N) is 1. The molecule has 10 heteroatoms. The number of esters is 1. The van der Waals surface area contributed by atoms with Gasteiger partial charge in [0.05, 0.1) is 17.7 Å². The Morgan fingerprint density at radius 2 is 1.77 bits per heavy atom. The van der Waals surface area contributed by atoms with Crippen LogP contribution < -0.4 is 14.8 Å². The lowest BCUT2D eigenvalue weighted by Crippen LogP contribution is -2.24. The summed E-state index contributed by atoms with van der Waals surface area (Å²) in [4.78, 5) is 45.6. The van der Waals surface area contributed by atoms with Crippen molar-refractivity contribution >= 4 is 29.0 Å². The molecule has 0 aliphatic carbocycles. The average molecular weight is 416 g/mol. The van der Waals surface area contributed by atoms with E-state index >= 15 is 0 Å². The highest BCUT2D eigenvalue weighted by Gasteiger charge is 2.15. The van der Waals surface area contributed by atoms with E-state index in [0.717, 1.165) is 6.07 Å². The highest BCUT2D eigenvalue weighted by Crippen LogP contribution is 2.28. The van der Waals surface area contributed by atoms with Crippen molar-refractivity contribution in [1.29, 1.82) is 0 Å². The van der Waals surface area contributed by atoms with E-state index in [0.29, 0.717) is 17.7 Å². The third-order valence-corrected chi connectivity index (χ3v) is 3.89. The predicted octanol–water partition coefficient (Wildman–Crippen LogP) is 2.76. The van der Waals surface area contributed by atoms with Crippen LogP contribution in [0.2, 0.25) is 0 Å². The standard InChI is InChI=1S/C20H20N2O8/c1-3-17(23)13-4-7-15(8-5-13)29-12-20(25)30-11-19(24)21-16-10-14(22(26)27)6-9-18(16)28-2/h4-10H,3,11-12H2,1-2H3,(H,21,24). The van der Waals surface area contributed by atoms with Crippen LogP contribution in [0.5, 0.6) is 11.5 Å². The third kappa shape index (κ3) is 6.30. The number of nitro benzene ring substituents is 1. The number of hydrogen-bond acceptors (Lipinski definition) is 8. The predicted molar refractivity (Wildman–Crippen MR) is 106 cm³/mol. The second-order valence-corrected chi connectivity index (χ2v) is 5.94. The van der Waals surface area contributed by atoms with Crippen molar-refractivity contribution in [2.45, 2.75) is 13.3 Å². The van der Waals surface area contributed by atoms with Crippen LogP contribution in [-0.2, 0) is 14.3 Å². The summed E-state index contributed by atoms with van der Waals surface area (Å²) in [5.41, 5.74) is 0.384. The number of carbonyl (C=O) groups excluding carboxylic acids is 3. The summed E-state index contributed by atoms with van der Waals surface area (Å²) >= 11 is 0. The van der Waals surface area contributed by atoms with Crippen LogP contribution in [0, 0.1) is 10.1 Å². The lowest BCUT2D eigenvalue weighted by Gasteiger charge is -2.10. The van der Waals surface area contributed by atoms with Crippen molar-refractivity contribution in [1.82, 2.24) is 0 Å². The fourth-order valence-corrected chi connectivity index (χ4v) is 2.36. The summed E-state index contributed by atoms with van der Waals surface area (Å²) in [6, 6.07) is 9.99. The largest absolute Gasteiger partial charge is 0.495 e. The minimum atomic E-state index is -0.787. The zero-order valence-electron chi connectivity index (χ0n) is 16.4. The molecular formula is C20H20N2O8. The molecule has 1 amide bonds. The lowest BCUT2D eigenvalue weighted by molar-refractivity contribution is -0.384. The number of hydrogen-bond donors (Lipinski definition) is 1. The van der Waals surface area contributed by atoms with Crippen molar-refractivity contribution in [3.8, 4) is 11.5 Å². The summed E-state index contributed by atoms with van der Waals surface area (Å²) in [5, 5.41) is 13.3. The second kappa shape index (κ2) is 10.6. The lowest BCUT2D eigenvalue weighted by atomic mass is 10.1. The topological polar surface area (TPSA) is 134 Å². The molecule has 10 nitrogen and oxygen atoms in total. The van der Waals surface area contributed by atoms with Gasteiger partial charge < -0.3 is 19.5 Å². The molecule has 2 aromatic carbocycles. The molecule has 0 aromatic heterocycles. The van der Waals surface area contributed by atoms with Crippen molar-refractivity contribution in [2.24, 2.45) is 0 Å². The first-order valence-corrected chi connectivity index (χ1v) is 8.88. The van der Waals surface area contributed by atoms with Crippen molar-refractivity contribution in [3.63, 3.8) is 0 Å². The van der Waals surface area contributed by atoms with Crippen LogP contribution in [0.4, 0.5) is 11.4 Å².